The van der Waals surface area contributed by atoms with E-state index >= 15 is 0 Å². The van der Waals surface area contributed by atoms with Crippen LogP contribution in [0.1, 0.15) is 11.1 Å². The SMILES string of the molecule is c1ccc(COC[C@@H]2OB(c3ccccc3)O[C@@H]2COCc2ccccc2)cc1. The first-order valence-electron chi connectivity index (χ1n) is 9.98. The highest BCUT2D eigenvalue weighted by Gasteiger charge is 2.40. The van der Waals surface area contributed by atoms with Gasteiger partial charge < -0.3 is 18.8 Å². The molecule has 1 aliphatic heterocycles. The highest BCUT2D eigenvalue weighted by atomic mass is 16.7. The molecule has 1 heterocycles. The molecule has 148 valence electrons. The van der Waals surface area contributed by atoms with Crippen LogP contribution in [0.4, 0.5) is 0 Å². The van der Waals surface area contributed by atoms with Crippen LogP contribution in [0.25, 0.3) is 0 Å². The quantitative estimate of drug-likeness (QED) is 0.525. The second-order valence-electron chi connectivity index (χ2n) is 7.09. The fraction of sp³-hybridized carbons (Fsp3) is 0.250. The predicted molar refractivity (Wildman–Crippen MR) is 114 cm³/mol. The Kier molecular flexibility index (Phi) is 7.10. The summed E-state index contributed by atoms with van der Waals surface area (Å²) in [5.41, 5.74) is 3.29. The molecule has 0 radical (unpaired) electrons. The van der Waals surface area contributed by atoms with Crippen molar-refractivity contribution in [2.75, 3.05) is 13.2 Å². The third-order valence-corrected chi connectivity index (χ3v) is 4.87. The minimum atomic E-state index is -0.396. The molecule has 4 rings (SSSR count). The number of ether oxygens (including phenoxy) is 2. The van der Waals surface area contributed by atoms with Crippen LogP contribution in [0.15, 0.2) is 91.0 Å². The maximum atomic E-state index is 6.17. The molecule has 1 aliphatic rings. The summed E-state index contributed by atoms with van der Waals surface area (Å²) < 4.78 is 24.2. The fourth-order valence-electron chi connectivity index (χ4n) is 3.32. The summed E-state index contributed by atoms with van der Waals surface area (Å²) >= 11 is 0. The first kappa shape index (κ1) is 19.9. The van der Waals surface area contributed by atoms with E-state index in [1.54, 1.807) is 0 Å². The lowest BCUT2D eigenvalue weighted by Gasteiger charge is -2.18. The molecule has 0 aromatic heterocycles. The zero-order valence-electron chi connectivity index (χ0n) is 16.4. The molecule has 0 amide bonds. The molecule has 5 heteroatoms. The van der Waals surface area contributed by atoms with E-state index in [0.717, 1.165) is 16.6 Å². The Morgan fingerprint density at radius 3 is 1.45 bits per heavy atom. The van der Waals surface area contributed by atoms with Gasteiger partial charge in [-0.15, -0.1) is 0 Å². The third kappa shape index (κ3) is 5.78. The van der Waals surface area contributed by atoms with Gasteiger partial charge in [0.2, 0.25) is 0 Å². The summed E-state index contributed by atoms with van der Waals surface area (Å²) in [6.07, 6.45) is -0.362. The average molecular weight is 388 g/mol. The van der Waals surface area contributed by atoms with Crippen LogP contribution in [0, 0.1) is 0 Å². The summed E-state index contributed by atoms with van der Waals surface area (Å²) in [7, 11) is -0.396. The van der Waals surface area contributed by atoms with Crippen LogP contribution in [-0.4, -0.2) is 32.5 Å². The lowest BCUT2D eigenvalue weighted by atomic mass is 9.79. The zero-order valence-corrected chi connectivity index (χ0v) is 16.4. The van der Waals surface area contributed by atoms with Gasteiger partial charge in [-0.2, -0.15) is 0 Å². The maximum Gasteiger partial charge on any atom is 0.494 e. The van der Waals surface area contributed by atoms with Gasteiger partial charge in [-0.05, 0) is 16.6 Å². The van der Waals surface area contributed by atoms with Gasteiger partial charge in [0.05, 0.1) is 38.6 Å². The van der Waals surface area contributed by atoms with Crippen LogP contribution in [0.5, 0.6) is 0 Å². The van der Waals surface area contributed by atoms with Crippen LogP contribution in [-0.2, 0) is 32.0 Å². The van der Waals surface area contributed by atoms with Crippen LogP contribution < -0.4 is 5.46 Å². The monoisotopic (exact) mass is 388 g/mol. The molecule has 3 aromatic carbocycles. The second kappa shape index (κ2) is 10.4. The van der Waals surface area contributed by atoms with E-state index in [9.17, 15) is 0 Å². The van der Waals surface area contributed by atoms with Crippen molar-refractivity contribution < 1.29 is 18.8 Å². The molecular formula is C24H25BO4. The lowest BCUT2D eigenvalue weighted by Crippen LogP contribution is -2.32. The Morgan fingerprint density at radius 1 is 0.586 bits per heavy atom. The van der Waals surface area contributed by atoms with E-state index in [-0.39, 0.29) is 12.2 Å². The Balaban J connectivity index is 1.34. The van der Waals surface area contributed by atoms with Crippen molar-refractivity contribution >= 4 is 12.6 Å². The van der Waals surface area contributed by atoms with Gasteiger partial charge in [0.1, 0.15) is 0 Å². The van der Waals surface area contributed by atoms with Crippen molar-refractivity contribution in [3.63, 3.8) is 0 Å². The number of benzene rings is 3. The molecular weight excluding hydrogens is 363 g/mol. The summed E-state index contributed by atoms with van der Waals surface area (Å²) in [5.74, 6) is 0. The van der Waals surface area contributed by atoms with Gasteiger partial charge in [0, 0.05) is 0 Å². The molecule has 0 bridgehead atoms. The van der Waals surface area contributed by atoms with Gasteiger partial charge in [0.25, 0.3) is 0 Å². The first-order valence-corrected chi connectivity index (χ1v) is 9.98. The molecule has 0 saturated carbocycles. The summed E-state index contributed by atoms with van der Waals surface area (Å²) in [4.78, 5) is 0. The maximum absolute atomic E-state index is 6.17. The van der Waals surface area contributed by atoms with E-state index in [2.05, 4.69) is 24.3 Å². The van der Waals surface area contributed by atoms with Gasteiger partial charge in [0.15, 0.2) is 0 Å². The van der Waals surface area contributed by atoms with Crippen molar-refractivity contribution in [3.05, 3.63) is 102 Å². The molecule has 0 N–H and O–H groups in total. The highest BCUT2D eigenvalue weighted by Crippen LogP contribution is 2.19. The van der Waals surface area contributed by atoms with Gasteiger partial charge in [-0.1, -0.05) is 91.0 Å². The molecule has 0 unspecified atom stereocenters. The Morgan fingerprint density at radius 2 is 1.00 bits per heavy atom. The van der Waals surface area contributed by atoms with E-state index in [1.165, 1.54) is 0 Å². The molecule has 3 aromatic rings. The smallest absolute Gasteiger partial charge is 0.399 e. The standard InChI is InChI=1S/C24H25BO4/c1-4-10-20(11-5-1)16-26-18-23-24(19-27-17-21-12-6-2-7-13-21)29-25(28-23)22-14-8-3-9-15-22/h1-15,23-24H,16-19H2/t23-,24+. The minimum Gasteiger partial charge on any atom is -0.399 e. The van der Waals surface area contributed by atoms with Crippen molar-refractivity contribution in [2.24, 2.45) is 0 Å². The molecule has 0 aliphatic carbocycles. The topological polar surface area (TPSA) is 36.9 Å². The second-order valence-corrected chi connectivity index (χ2v) is 7.09. The summed E-state index contributed by atoms with van der Waals surface area (Å²) in [5, 5.41) is 0. The highest BCUT2D eigenvalue weighted by molar-refractivity contribution is 6.61. The summed E-state index contributed by atoms with van der Waals surface area (Å²) in [6, 6.07) is 30.3. The molecule has 1 fully saturated rings. The van der Waals surface area contributed by atoms with E-state index in [0.29, 0.717) is 26.4 Å². The molecule has 0 spiro atoms. The van der Waals surface area contributed by atoms with Crippen LogP contribution in [0.2, 0.25) is 0 Å². The number of rotatable bonds is 9. The predicted octanol–water partition coefficient (Wildman–Crippen LogP) is 3.60. The lowest BCUT2D eigenvalue weighted by molar-refractivity contribution is -0.0121. The number of hydrogen-bond donors (Lipinski definition) is 0. The van der Waals surface area contributed by atoms with Gasteiger partial charge in [-0.3, -0.25) is 0 Å². The van der Waals surface area contributed by atoms with Crippen LogP contribution >= 0.6 is 0 Å². The van der Waals surface area contributed by atoms with Gasteiger partial charge >= 0.3 is 7.12 Å². The van der Waals surface area contributed by atoms with Crippen molar-refractivity contribution in [3.8, 4) is 0 Å². The average Bonchev–Trinajstić information content (AvgIpc) is 3.19. The first-order chi connectivity index (χ1) is 14.4. The van der Waals surface area contributed by atoms with E-state index in [4.69, 9.17) is 18.8 Å². The number of hydrogen-bond acceptors (Lipinski definition) is 4. The summed E-state index contributed by atoms with van der Waals surface area (Å²) in [6.45, 7) is 2.01. The third-order valence-electron chi connectivity index (χ3n) is 4.87. The zero-order chi connectivity index (χ0) is 19.7. The van der Waals surface area contributed by atoms with Crippen LogP contribution in [0.3, 0.4) is 0 Å². The van der Waals surface area contributed by atoms with Crippen molar-refractivity contribution in [2.45, 2.75) is 25.4 Å². The van der Waals surface area contributed by atoms with Crippen molar-refractivity contribution in [1.82, 2.24) is 0 Å². The Hall–Kier alpha value is -2.44. The molecule has 29 heavy (non-hydrogen) atoms. The Bertz CT molecular complexity index is 791. The van der Waals surface area contributed by atoms with E-state index in [1.807, 2.05) is 66.7 Å². The fourth-order valence-corrected chi connectivity index (χ4v) is 3.32. The Labute approximate surface area is 172 Å². The largest absolute Gasteiger partial charge is 0.494 e. The molecule has 1 saturated heterocycles. The van der Waals surface area contributed by atoms with Crippen molar-refractivity contribution in [1.29, 1.82) is 0 Å². The van der Waals surface area contributed by atoms with E-state index < -0.39 is 7.12 Å². The van der Waals surface area contributed by atoms with Gasteiger partial charge in [-0.25, -0.2) is 0 Å². The molecule has 4 nitrogen and oxygen atoms in total. The minimum absolute atomic E-state index is 0.181. The normalized spacial score (nSPS) is 18.8. The molecule has 2 atom stereocenters.